The van der Waals surface area contributed by atoms with Crippen molar-refractivity contribution in [3.05, 3.63) is 0 Å². The van der Waals surface area contributed by atoms with Crippen molar-refractivity contribution in [2.75, 3.05) is 19.8 Å². The molecule has 0 saturated carbocycles. The van der Waals surface area contributed by atoms with Crippen molar-refractivity contribution in [1.82, 2.24) is 5.06 Å². The number of carbonyl (C=O) groups excluding carboxylic acids is 2. The fourth-order valence-electron chi connectivity index (χ4n) is 1.67. The molecule has 2 heterocycles. The first-order valence-electron chi connectivity index (χ1n) is 4.45. The summed E-state index contributed by atoms with van der Waals surface area (Å²) in [5.41, 5.74) is 0. The highest BCUT2D eigenvalue weighted by atomic mass is 16.6. The first kappa shape index (κ1) is 9.57. The highest BCUT2D eigenvalue weighted by molar-refractivity contribution is 6.02. The van der Waals surface area contributed by atoms with E-state index < -0.39 is 23.8 Å². The summed E-state index contributed by atoms with van der Waals surface area (Å²) in [5.74, 6) is -1.76. The number of ether oxygens (including phenoxy) is 2. The SMILES string of the molecule is O=C1CC(C2COCCO2)C(=O)N1O. The van der Waals surface area contributed by atoms with Gasteiger partial charge in [0.2, 0.25) is 0 Å². The summed E-state index contributed by atoms with van der Waals surface area (Å²) in [4.78, 5) is 22.3. The molecule has 1 N–H and O–H groups in total. The van der Waals surface area contributed by atoms with Gasteiger partial charge in [0.25, 0.3) is 11.8 Å². The lowest BCUT2D eigenvalue weighted by molar-refractivity contribution is -0.175. The first-order chi connectivity index (χ1) is 6.70. The molecular formula is C8H11NO5. The number of hydrogen-bond donors (Lipinski definition) is 1. The molecular weight excluding hydrogens is 190 g/mol. The van der Waals surface area contributed by atoms with Crippen LogP contribution < -0.4 is 0 Å². The summed E-state index contributed by atoms with van der Waals surface area (Å²) in [6.07, 6.45) is -0.402. The van der Waals surface area contributed by atoms with E-state index in [1.165, 1.54) is 0 Å². The van der Waals surface area contributed by atoms with Crippen molar-refractivity contribution in [2.45, 2.75) is 12.5 Å². The van der Waals surface area contributed by atoms with Gasteiger partial charge in [0.15, 0.2) is 0 Å². The van der Waals surface area contributed by atoms with Gasteiger partial charge in [-0.15, -0.1) is 0 Å². The lowest BCUT2D eigenvalue weighted by Crippen LogP contribution is -2.39. The van der Waals surface area contributed by atoms with Crippen LogP contribution in [0.3, 0.4) is 0 Å². The second kappa shape index (κ2) is 3.64. The van der Waals surface area contributed by atoms with Crippen LogP contribution in [0.15, 0.2) is 0 Å². The predicted molar refractivity (Wildman–Crippen MR) is 42.3 cm³/mol. The lowest BCUT2D eigenvalue weighted by atomic mass is 10.0. The smallest absolute Gasteiger partial charge is 0.259 e. The molecule has 2 unspecified atom stereocenters. The Labute approximate surface area is 80.3 Å². The Morgan fingerprint density at radius 3 is 2.64 bits per heavy atom. The average molecular weight is 201 g/mol. The molecule has 2 fully saturated rings. The van der Waals surface area contributed by atoms with Crippen LogP contribution in [0.2, 0.25) is 0 Å². The average Bonchev–Trinajstić information content (AvgIpc) is 2.47. The second-order valence-corrected chi connectivity index (χ2v) is 3.34. The third kappa shape index (κ3) is 1.52. The third-order valence-corrected chi connectivity index (χ3v) is 2.45. The molecule has 0 aromatic carbocycles. The molecule has 0 spiro atoms. The van der Waals surface area contributed by atoms with Gasteiger partial charge in [0.05, 0.1) is 31.8 Å². The Kier molecular flexibility index (Phi) is 2.49. The lowest BCUT2D eigenvalue weighted by Gasteiger charge is -2.25. The minimum absolute atomic E-state index is 0.00333. The molecule has 0 aromatic heterocycles. The number of imide groups is 1. The highest BCUT2D eigenvalue weighted by Crippen LogP contribution is 2.24. The predicted octanol–water partition coefficient (Wildman–Crippen LogP) is -0.834. The van der Waals surface area contributed by atoms with Gasteiger partial charge in [0, 0.05) is 6.42 Å². The first-order valence-corrected chi connectivity index (χ1v) is 4.45. The molecule has 2 rings (SSSR count). The van der Waals surface area contributed by atoms with Gasteiger partial charge in [-0.05, 0) is 0 Å². The van der Waals surface area contributed by atoms with Gasteiger partial charge >= 0.3 is 0 Å². The zero-order valence-electron chi connectivity index (χ0n) is 7.51. The van der Waals surface area contributed by atoms with Crippen molar-refractivity contribution in [2.24, 2.45) is 5.92 Å². The van der Waals surface area contributed by atoms with Gasteiger partial charge in [-0.25, -0.2) is 0 Å². The molecule has 6 heteroatoms. The molecule has 2 atom stereocenters. The standard InChI is InChI=1S/C8H11NO5/c10-7-3-5(8(11)9(7)12)6-4-13-1-2-14-6/h5-6,12H,1-4H2. The topological polar surface area (TPSA) is 76.1 Å². The van der Waals surface area contributed by atoms with E-state index in [0.29, 0.717) is 19.8 Å². The van der Waals surface area contributed by atoms with Crippen LogP contribution in [0.1, 0.15) is 6.42 Å². The van der Waals surface area contributed by atoms with E-state index in [0.717, 1.165) is 0 Å². The summed E-state index contributed by atoms with van der Waals surface area (Å²) in [6.45, 7) is 1.24. The Hall–Kier alpha value is -0.980. The van der Waals surface area contributed by atoms with E-state index in [1.54, 1.807) is 0 Å². The van der Waals surface area contributed by atoms with Crippen molar-refractivity contribution in [3.63, 3.8) is 0 Å². The van der Waals surface area contributed by atoms with Crippen LogP contribution in [-0.2, 0) is 19.1 Å². The monoisotopic (exact) mass is 201 g/mol. The molecule has 14 heavy (non-hydrogen) atoms. The van der Waals surface area contributed by atoms with E-state index in [4.69, 9.17) is 14.7 Å². The summed E-state index contributed by atoms with van der Waals surface area (Å²) >= 11 is 0. The van der Waals surface area contributed by atoms with Crippen molar-refractivity contribution < 1.29 is 24.3 Å². The largest absolute Gasteiger partial charge is 0.376 e. The van der Waals surface area contributed by atoms with Gasteiger partial charge in [-0.1, -0.05) is 0 Å². The maximum absolute atomic E-state index is 11.3. The molecule has 2 saturated heterocycles. The summed E-state index contributed by atoms with van der Waals surface area (Å²) in [6, 6.07) is 0. The van der Waals surface area contributed by atoms with Crippen LogP contribution in [0.25, 0.3) is 0 Å². The molecule has 6 nitrogen and oxygen atoms in total. The second-order valence-electron chi connectivity index (χ2n) is 3.34. The molecule has 2 amide bonds. The van der Waals surface area contributed by atoms with Crippen LogP contribution >= 0.6 is 0 Å². The fourth-order valence-corrected chi connectivity index (χ4v) is 1.67. The molecule has 0 radical (unpaired) electrons. The molecule has 0 aromatic rings. The van der Waals surface area contributed by atoms with Gasteiger partial charge < -0.3 is 9.47 Å². The van der Waals surface area contributed by atoms with E-state index >= 15 is 0 Å². The fraction of sp³-hybridized carbons (Fsp3) is 0.750. The highest BCUT2D eigenvalue weighted by Gasteiger charge is 2.43. The van der Waals surface area contributed by atoms with E-state index in [1.807, 2.05) is 0 Å². The minimum Gasteiger partial charge on any atom is -0.376 e. The van der Waals surface area contributed by atoms with Crippen LogP contribution in [0.4, 0.5) is 0 Å². The van der Waals surface area contributed by atoms with Gasteiger partial charge in [-0.3, -0.25) is 14.8 Å². The molecule has 0 aliphatic carbocycles. The number of hydroxylamine groups is 2. The van der Waals surface area contributed by atoms with Crippen molar-refractivity contribution in [3.8, 4) is 0 Å². The van der Waals surface area contributed by atoms with E-state index in [9.17, 15) is 9.59 Å². The number of rotatable bonds is 1. The number of hydrogen-bond acceptors (Lipinski definition) is 5. The van der Waals surface area contributed by atoms with Crippen molar-refractivity contribution >= 4 is 11.8 Å². The van der Waals surface area contributed by atoms with Crippen molar-refractivity contribution in [1.29, 1.82) is 0 Å². The zero-order valence-corrected chi connectivity index (χ0v) is 7.51. The summed E-state index contributed by atoms with van der Waals surface area (Å²) in [7, 11) is 0. The van der Waals surface area contributed by atoms with Crippen LogP contribution in [0, 0.1) is 5.92 Å². The van der Waals surface area contributed by atoms with E-state index in [-0.39, 0.29) is 11.5 Å². The maximum atomic E-state index is 11.3. The normalized spacial score (nSPS) is 33.9. The number of carbonyl (C=O) groups is 2. The third-order valence-electron chi connectivity index (χ3n) is 2.45. The van der Waals surface area contributed by atoms with E-state index in [2.05, 4.69) is 0 Å². The number of nitrogens with zero attached hydrogens (tertiary/aromatic N) is 1. The molecule has 0 bridgehead atoms. The Bertz CT molecular complexity index is 260. The Morgan fingerprint density at radius 2 is 2.14 bits per heavy atom. The Morgan fingerprint density at radius 1 is 1.36 bits per heavy atom. The molecule has 2 aliphatic heterocycles. The zero-order chi connectivity index (χ0) is 10.1. The minimum atomic E-state index is -0.592. The Balaban J connectivity index is 2.04. The summed E-state index contributed by atoms with van der Waals surface area (Å²) < 4.78 is 10.4. The quantitative estimate of drug-likeness (QED) is 0.442. The van der Waals surface area contributed by atoms with Gasteiger partial charge in [-0.2, -0.15) is 5.06 Å². The molecule has 2 aliphatic rings. The van der Waals surface area contributed by atoms with Crippen LogP contribution in [-0.4, -0.2) is 48.0 Å². The molecule has 78 valence electrons. The maximum Gasteiger partial charge on any atom is 0.259 e. The van der Waals surface area contributed by atoms with Crippen LogP contribution in [0.5, 0.6) is 0 Å². The van der Waals surface area contributed by atoms with Gasteiger partial charge in [0.1, 0.15) is 0 Å². The number of amides is 2. The summed E-state index contributed by atoms with van der Waals surface area (Å²) in [5, 5.41) is 9.17.